The molecular formula is C14H22N4O3. The fourth-order valence-corrected chi connectivity index (χ4v) is 2.47. The molecule has 1 aromatic heterocycles. The number of piperidine rings is 1. The number of aryl methyl sites for hydroxylation is 1. The highest BCUT2D eigenvalue weighted by Gasteiger charge is 2.37. The van der Waals surface area contributed by atoms with Crippen molar-refractivity contribution < 1.29 is 14.7 Å². The smallest absolute Gasteiger partial charge is 0.317 e. The predicted octanol–water partition coefficient (Wildman–Crippen LogP) is 0.859. The highest BCUT2D eigenvalue weighted by molar-refractivity contribution is 5.76. The molecule has 0 atom stereocenters. The van der Waals surface area contributed by atoms with Crippen LogP contribution in [0.5, 0.6) is 0 Å². The van der Waals surface area contributed by atoms with Crippen molar-refractivity contribution in [3.05, 3.63) is 18.0 Å². The van der Waals surface area contributed by atoms with Crippen molar-refractivity contribution in [3.63, 3.8) is 0 Å². The highest BCUT2D eigenvalue weighted by atomic mass is 16.4. The van der Waals surface area contributed by atoms with Gasteiger partial charge in [0.2, 0.25) is 0 Å². The van der Waals surface area contributed by atoms with Crippen molar-refractivity contribution in [3.8, 4) is 0 Å². The van der Waals surface area contributed by atoms with E-state index in [9.17, 15) is 9.59 Å². The summed E-state index contributed by atoms with van der Waals surface area (Å²) in [6.07, 6.45) is 3.45. The first-order chi connectivity index (χ1) is 9.92. The summed E-state index contributed by atoms with van der Waals surface area (Å²) in [6.45, 7) is 3.26. The number of carbonyl (C=O) groups excluding carboxylic acids is 1. The number of aromatic nitrogens is 2. The Hall–Kier alpha value is -2.05. The summed E-state index contributed by atoms with van der Waals surface area (Å²) in [5.41, 5.74) is 0.360. The van der Waals surface area contributed by atoms with Gasteiger partial charge in [-0.15, -0.1) is 0 Å². The number of amides is 2. The number of hydrogen-bond acceptors (Lipinski definition) is 3. The molecule has 1 aliphatic rings. The third-order valence-corrected chi connectivity index (χ3v) is 4.25. The average Bonchev–Trinajstić information content (AvgIpc) is 2.85. The topological polar surface area (TPSA) is 87.5 Å². The molecule has 1 saturated heterocycles. The van der Waals surface area contributed by atoms with Crippen LogP contribution in [0.25, 0.3) is 0 Å². The third-order valence-electron chi connectivity index (χ3n) is 4.25. The van der Waals surface area contributed by atoms with Crippen LogP contribution in [0.1, 0.15) is 25.5 Å². The van der Waals surface area contributed by atoms with Gasteiger partial charge in [0.25, 0.3) is 0 Å². The summed E-state index contributed by atoms with van der Waals surface area (Å²) >= 11 is 0. The summed E-state index contributed by atoms with van der Waals surface area (Å²) in [4.78, 5) is 24.9. The molecule has 0 bridgehead atoms. The number of rotatable bonds is 4. The molecule has 0 radical (unpaired) electrons. The van der Waals surface area contributed by atoms with Crippen LogP contribution in [0.3, 0.4) is 0 Å². The zero-order valence-electron chi connectivity index (χ0n) is 12.5. The van der Waals surface area contributed by atoms with Gasteiger partial charge in [0.15, 0.2) is 0 Å². The van der Waals surface area contributed by atoms with Gasteiger partial charge < -0.3 is 15.3 Å². The molecule has 0 saturated carbocycles. The number of nitrogens with zero attached hydrogens (tertiary/aromatic N) is 3. The number of carbonyl (C=O) groups is 2. The molecule has 116 valence electrons. The molecule has 1 aromatic rings. The lowest BCUT2D eigenvalue weighted by molar-refractivity contribution is -0.150. The van der Waals surface area contributed by atoms with Crippen molar-refractivity contribution >= 4 is 12.0 Å². The second-order valence-electron chi connectivity index (χ2n) is 5.78. The lowest BCUT2D eigenvalue weighted by atomic mass is 9.80. The van der Waals surface area contributed by atoms with Crippen molar-refractivity contribution in [1.29, 1.82) is 0 Å². The van der Waals surface area contributed by atoms with Gasteiger partial charge in [-0.1, -0.05) is 0 Å². The van der Waals surface area contributed by atoms with Crippen LogP contribution in [0.2, 0.25) is 0 Å². The maximum absolute atomic E-state index is 12.0. The van der Waals surface area contributed by atoms with E-state index in [0.717, 1.165) is 12.1 Å². The summed E-state index contributed by atoms with van der Waals surface area (Å²) in [6, 6.07) is 1.80. The molecule has 2 rings (SSSR count). The Morgan fingerprint density at radius 3 is 2.62 bits per heavy atom. The minimum Gasteiger partial charge on any atom is -0.481 e. The second-order valence-corrected chi connectivity index (χ2v) is 5.78. The van der Waals surface area contributed by atoms with E-state index in [2.05, 4.69) is 10.4 Å². The van der Waals surface area contributed by atoms with Crippen molar-refractivity contribution in [2.45, 2.75) is 26.2 Å². The highest BCUT2D eigenvalue weighted by Crippen LogP contribution is 2.30. The minimum absolute atomic E-state index is 0.121. The third kappa shape index (κ3) is 3.53. The first-order valence-electron chi connectivity index (χ1n) is 7.15. The molecule has 1 aliphatic heterocycles. The first kappa shape index (κ1) is 15.3. The molecule has 0 aliphatic carbocycles. The Morgan fingerprint density at radius 2 is 2.10 bits per heavy atom. The van der Waals surface area contributed by atoms with E-state index in [1.807, 2.05) is 13.1 Å². The number of aliphatic carboxylic acids is 1. The second kappa shape index (κ2) is 6.15. The molecule has 21 heavy (non-hydrogen) atoms. The van der Waals surface area contributed by atoms with Crippen LogP contribution in [-0.4, -0.2) is 51.4 Å². The molecule has 2 amide bonds. The molecule has 2 N–H and O–H groups in total. The van der Waals surface area contributed by atoms with Crippen LogP contribution in [-0.2, 0) is 18.3 Å². The van der Waals surface area contributed by atoms with Gasteiger partial charge in [-0.2, -0.15) is 5.10 Å². The summed E-state index contributed by atoms with van der Waals surface area (Å²) in [5.74, 6) is -0.779. The number of carboxylic acids is 1. The van der Waals surface area contributed by atoms with Crippen LogP contribution >= 0.6 is 0 Å². The number of hydrogen-bond donors (Lipinski definition) is 2. The van der Waals surface area contributed by atoms with E-state index in [-0.39, 0.29) is 6.03 Å². The number of urea groups is 1. The SMILES string of the molecule is Cn1nccc1CCNC(=O)N1CCC(C)(C(=O)O)CC1. The van der Waals surface area contributed by atoms with E-state index in [0.29, 0.717) is 32.5 Å². The Kier molecular flexibility index (Phi) is 4.50. The predicted molar refractivity (Wildman–Crippen MR) is 76.9 cm³/mol. The van der Waals surface area contributed by atoms with Gasteiger partial charge in [0.05, 0.1) is 5.41 Å². The van der Waals surface area contributed by atoms with E-state index in [4.69, 9.17) is 5.11 Å². The Bertz CT molecular complexity index is 518. The van der Waals surface area contributed by atoms with Gasteiger partial charge in [-0.25, -0.2) is 4.79 Å². The zero-order valence-corrected chi connectivity index (χ0v) is 12.5. The first-order valence-corrected chi connectivity index (χ1v) is 7.15. The fraction of sp³-hybridized carbons (Fsp3) is 0.643. The van der Waals surface area contributed by atoms with Crippen LogP contribution in [0, 0.1) is 5.41 Å². The van der Waals surface area contributed by atoms with Crippen molar-refractivity contribution in [1.82, 2.24) is 20.0 Å². The largest absolute Gasteiger partial charge is 0.481 e. The number of nitrogens with one attached hydrogen (secondary N) is 1. The van der Waals surface area contributed by atoms with Crippen molar-refractivity contribution in [2.24, 2.45) is 12.5 Å². The maximum Gasteiger partial charge on any atom is 0.317 e. The van der Waals surface area contributed by atoms with E-state index >= 15 is 0 Å². The minimum atomic E-state index is -0.779. The molecule has 2 heterocycles. The zero-order chi connectivity index (χ0) is 15.5. The van der Waals surface area contributed by atoms with E-state index in [1.165, 1.54) is 0 Å². The molecule has 7 nitrogen and oxygen atoms in total. The Morgan fingerprint density at radius 1 is 1.43 bits per heavy atom. The van der Waals surface area contributed by atoms with E-state index in [1.54, 1.807) is 22.7 Å². The average molecular weight is 294 g/mol. The standard InChI is InChI=1S/C14H22N4O3/c1-14(12(19)20)5-9-18(10-6-14)13(21)15-7-3-11-4-8-16-17(11)2/h4,8H,3,5-7,9-10H2,1-2H3,(H,15,21)(H,19,20). The molecule has 0 spiro atoms. The van der Waals surface area contributed by atoms with Gasteiger partial charge in [-0.3, -0.25) is 9.48 Å². The molecule has 0 unspecified atom stereocenters. The fourth-order valence-electron chi connectivity index (χ4n) is 2.47. The Balaban J connectivity index is 1.75. The lowest BCUT2D eigenvalue weighted by Crippen LogP contribution is -2.49. The lowest BCUT2D eigenvalue weighted by Gasteiger charge is -2.36. The van der Waals surface area contributed by atoms with Crippen LogP contribution in [0.4, 0.5) is 4.79 Å². The molecular weight excluding hydrogens is 272 g/mol. The summed E-state index contributed by atoms with van der Waals surface area (Å²) in [5, 5.41) is 16.1. The molecule has 7 heteroatoms. The van der Waals surface area contributed by atoms with Crippen molar-refractivity contribution in [2.75, 3.05) is 19.6 Å². The maximum atomic E-state index is 12.0. The van der Waals surface area contributed by atoms with Crippen LogP contribution in [0.15, 0.2) is 12.3 Å². The normalized spacial score (nSPS) is 17.5. The van der Waals surface area contributed by atoms with Gasteiger partial charge in [-0.05, 0) is 25.8 Å². The summed E-state index contributed by atoms with van der Waals surface area (Å²) < 4.78 is 1.78. The Labute approximate surface area is 123 Å². The van der Waals surface area contributed by atoms with Gasteiger partial charge in [0.1, 0.15) is 0 Å². The number of likely N-dealkylation sites (tertiary alicyclic amines) is 1. The van der Waals surface area contributed by atoms with E-state index < -0.39 is 11.4 Å². The van der Waals surface area contributed by atoms with Crippen LogP contribution < -0.4 is 5.32 Å². The van der Waals surface area contributed by atoms with Gasteiger partial charge >= 0.3 is 12.0 Å². The molecule has 1 fully saturated rings. The van der Waals surface area contributed by atoms with Gasteiger partial charge in [0, 0.05) is 45.0 Å². The summed E-state index contributed by atoms with van der Waals surface area (Å²) in [7, 11) is 1.87. The monoisotopic (exact) mass is 294 g/mol. The molecule has 0 aromatic carbocycles. The quantitative estimate of drug-likeness (QED) is 0.862. The number of carboxylic acid groups (broad SMARTS) is 1.